The first-order valence-corrected chi connectivity index (χ1v) is 8.36. The van der Waals surface area contributed by atoms with Gasteiger partial charge in [0, 0.05) is 10.9 Å². The number of rotatable bonds is 2. The second kappa shape index (κ2) is 5.61. The summed E-state index contributed by atoms with van der Waals surface area (Å²) in [6.07, 6.45) is 2.16. The molecule has 0 fully saturated rings. The number of hydrogen-bond acceptors (Lipinski definition) is 1. The number of benzene rings is 2. The van der Waals surface area contributed by atoms with Gasteiger partial charge in [-0.25, -0.2) is 0 Å². The molecule has 0 radical (unpaired) electrons. The van der Waals surface area contributed by atoms with Gasteiger partial charge in [0.05, 0.1) is 0 Å². The third-order valence-corrected chi connectivity index (χ3v) is 4.36. The molecule has 0 aliphatic heterocycles. The van der Waals surface area contributed by atoms with E-state index in [4.69, 9.17) is 0 Å². The van der Waals surface area contributed by atoms with Gasteiger partial charge >= 0.3 is 0 Å². The van der Waals surface area contributed by atoms with Gasteiger partial charge in [0.1, 0.15) is 5.75 Å². The third-order valence-electron chi connectivity index (χ3n) is 4.36. The van der Waals surface area contributed by atoms with Crippen molar-refractivity contribution in [1.82, 2.24) is 0 Å². The quantitative estimate of drug-likeness (QED) is 0.711. The van der Waals surface area contributed by atoms with Crippen LogP contribution in [-0.2, 0) is 17.3 Å². The molecule has 2 aromatic rings. The normalized spacial score (nSPS) is 12.9. The van der Waals surface area contributed by atoms with Crippen LogP contribution in [0.5, 0.6) is 5.75 Å². The van der Waals surface area contributed by atoms with Crippen LogP contribution >= 0.6 is 0 Å². The summed E-state index contributed by atoms with van der Waals surface area (Å²) >= 11 is 0. The molecule has 0 amide bonds. The highest BCUT2D eigenvalue weighted by molar-refractivity contribution is 5.95. The molecule has 0 spiro atoms. The number of fused-ring (bicyclic) bond motifs is 1. The van der Waals surface area contributed by atoms with E-state index in [0.29, 0.717) is 5.75 Å². The fourth-order valence-electron chi connectivity index (χ4n) is 3.20. The van der Waals surface area contributed by atoms with Gasteiger partial charge in [-0.15, -0.1) is 0 Å². The maximum atomic E-state index is 11.0. The van der Waals surface area contributed by atoms with Crippen molar-refractivity contribution in [3.8, 4) is 5.75 Å². The van der Waals surface area contributed by atoms with Crippen LogP contribution in [0.3, 0.4) is 0 Å². The molecule has 0 atom stereocenters. The Morgan fingerprint density at radius 1 is 0.909 bits per heavy atom. The second-order valence-corrected chi connectivity index (χ2v) is 8.41. The summed E-state index contributed by atoms with van der Waals surface area (Å²) in [4.78, 5) is 0. The van der Waals surface area contributed by atoms with Crippen molar-refractivity contribution >= 4 is 10.8 Å². The monoisotopic (exact) mass is 298 g/mol. The standard InChI is InChI=1S/C21H30O/c1-8-10-14-13-17(21(5,6)7)19(22)18-15(14)11-9-12-16(18)20(2,3)4/h9,11-13,22H,8,10H2,1-7H3. The minimum absolute atomic E-state index is 0.0109. The lowest BCUT2D eigenvalue weighted by atomic mass is 9.78. The van der Waals surface area contributed by atoms with E-state index in [1.165, 1.54) is 16.5 Å². The predicted molar refractivity (Wildman–Crippen MR) is 97.0 cm³/mol. The van der Waals surface area contributed by atoms with Crippen molar-refractivity contribution in [1.29, 1.82) is 0 Å². The summed E-state index contributed by atoms with van der Waals surface area (Å²) in [5.41, 5.74) is 3.58. The number of hydrogen-bond donors (Lipinski definition) is 1. The van der Waals surface area contributed by atoms with E-state index >= 15 is 0 Å². The molecule has 0 aromatic heterocycles. The van der Waals surface area contributed by atoms with Crippen molar-refractivity contribution in [2.45, 2.75) is 72.1 Å². The SMILES string of the molecule is CCCc1cc(C(C)(C)C)c(O)c2c(C(C)(C)C)cccc12. The molecule has 1 nitrogen and oxygen atoms in total. The topological polar surface area (TPSA) is 20.2 Å². The van der Waals surface area contributed by atoms with Crippen molar-refractivity contribution in [3.63, 3.8) is 0 Å². The van der Waals surface area contributed by atoms with Crippen LogP contribution in [0.1, 0.15) is 71.6 Å². The maximum Gasteiger partial charge on any atom is 0.127 e. The van der Waals surface area contributed by atoms with Gasteiger partial charge < -0.3 is 5.11 Å². The van der Waals surface area contributed by atoms with E-state index in [0.717, 1.165) is 23.8 Å². The van der Waals surface area contributed by atoms with Crippen molar-refractivity contribution < 1.29 is 5.11 Å². The van der Waals surface area contributed by atoms with E-state index in [9.17, 15) is 5.11 Å². The molecule has 0 aliphatic rings. The first-order chi connectivity index (χ1) is 10.1. The second-order valence-electron chi connectivity index (χ2n) is 8.41. The maximum absolute atomic E-state index is 11.0. The van der Waals surface area contributed by atoms with E-state index in [-0.39, 0.29) is 10.8 Å². The Labute approximate surface area is 135 Å². The average molecular weight is 298 g/mol. The van der Waals surface area contributed by atoms with E-state index < -0.39 is 0 Å². The molecule has 2 rings (SSSR count). The molecule has 1 heteroatoms. The molecule has 0 saturated carbocycles. The minimum Gasteiger partial charge on any atom is -0.507 e. The Morgan fingerprint density at radius 2 is 1.50 bits per heavy atom. The van der Waals surface area contributed by atoms with Crippen molar-refractivity contribution in [2.75, 3.05) is 0 Å². The molecule has 0 bridgehead atoms. The Balaban J connectivity index is 2.96. The first-order valence-electron chi connectivity index (χ1n) is 8.36. The summed E-state index contributed by atoms with van der Waals surface area (Å²) < 4.78 is 0. The summed E-state index contributed by atoms with van der Waals surface area (Å²) in [5, 5.41) is 13.3. The zero-order chi connectivity index (χ0) is 16.7. The third kappa shape index (κ3) is 2.99. The lowest BCUT2D eigenvalue weighted by Gasteiger charge is -2.27. The van der Waals surface area contributed by atoms with Gasteiger partial charge in [-0.3, -0.25) is 0 Å². The highest BCUT2D eigenvalue weighted by atomic mass is 16.3. The van der Waals surface area contributed by atoms with E-state index in [1.807, 2.05) is 0 Å². The fourth-order valence-corrected chi connectivity index (χ4v) is 3.20. The number of phenolic OH excluding ortho intramolecular Hbond substituents is 1. The molecule has 0 saturated heterocycles. The molecular formula is C21H30O. The summed E-state index contributed by atoms with van der Waals surface area (Å²) in [6.45, 7) is 15.4. The molecule has 1 N–H and O–H groups in total. The van der Waals surface area contributed by atoms with Gasteiger partial charge in [0.2, 0.25) is 0 Å². The molecule has 0 heterocycles. The Bertz CT molecular complexity index is 682. The molecule has 0 aliphatic carbocycles. The van der Waals surface area contributed by atoms with Crippen LogP contribution in [0.4, 0.5) is 0 Å². The van der Waals surface area contributed by atoms with Crippen molar-refractivity contribution in [3.05, 3.63) is 41.0 Å². The van der Waals surface area contributed by atoms with Crippen LogP contribution < -0.4 is 0 Å². The van der Waals surface area contributed by atoms with Crippen molar-refractivity contribution in [2.24, 2.45) is 0 Å². The first kappa shape index (κ1) is 16.9. The lowest BCUT2D eigenvalue weighted by molar-refractivity contribution is 0.450. The number of aryl methyl sites for hydroxylation is 1. The largest absolute Gasteiger partial charge is 0.507 e. The van der Waals surface area contributed by atoms with Crippen LogP contribution in [0.15, 0.2) is 24.3 Å². The highest BCUT2D eigenvalue weighted by Crippen LogP contribution is 2.43. The molecule has 22 heavy (non-hydrogen) atoms. The van der Waals surface area contributed by atoms with Gasteiger partial charge in [-0.2, -0.15) is 0 Å². The number of phenols is 1. The molecule has 0 unspecified atom stereocenters. The minimum atomic E-state index is -0.0637. The zero-order valence-electron chi connectivity index (χ0n) is 15.2. The van der Waals surface area contributed by atoms with Crippen LogP contribution in [-0.4, -0.2) is 5.11 Å². The summed E-state index contributed by atoms with van der Waals surface area (Å²) in [5.74, 6) is 0.466. The zero-order valence-corrected chi connectivity index (χ0v) is 15.2. The van der Waals surface area contributed by atoms with E-state index in [2.05, 4.69) is 72.7 Å². The summed E-state index contributed by atoms with van der Waals surface area (Å²) in [7, 11) is 0. The molecule has 120 valence electrons. The molecular weight excluding hydrogens is 268 g/mol. The Kier molecular flexibility index (Phi) is 4.30. The van der Waals surface area contributed by atoms with Crippen LogP contribution in [0, 0.1) is 0 Å². The lowest BCUT2D eigenvalue weighted by Crippen LogP contribution is -2.15. The van der Waals surface area contributed by atoms with E-state index in [1.54, 1.807) is 0 Å². The highest BCUT2D eigenvalue weighted by Gasteiger charge is 2.25. The Hall–Kier alpha value is -1.50. The predicted octanol–water partition coefficient (Wildman–Crippen LogP) is 6.09. The smallest absolute Gasteiger partial charge is 0.127 e. The fraction of sp³-hybridized carbons (Fsp3) is 0.524. The van der Waals surface area contributed by atoms with Gasteiger partial charge in [-0.1, -0.05) is 79.2 Å². The van der Waals surface area contributed by atoms with Gasteiger partial charge in [0.15, 0.2) is 0 Å². The summed E-state index contributed by atoms with van der Waals surface area (Å²) in [6, 6.07) is 8.65. The van der Waals surface area contributed by atoms with Gasteiger partial charge in [-0.05, 0) is 33.8 Å². The Morgan fingerprint density at radius 3 is 2.00 bits per heavy atom. The van der Waals surface area contributed by atoms with Crippen LogP contribution in [0.2, 0.25) is 0 Å². The molecule has 2 aromatic carbocycles. The number of aromatic hydroxyl groups is 1. The van der Waals surface area contributed by atoms with Crippen LogP contribution in [0.25, 0.3) is 10.8 Å². The average Bonchev–Trinajstić information content (AvgIpc) is 2.39. The van der Waals surface area contributed by atoms with Gasteiger partial charge in [0.25, 0.3) is 0 Å².